The number of hydrogen-bond acceptors (Lipinski definition) is 1. The van der Waals surface area contributed by atoms with Gasteiger partial charge in [-0.15, -0.1) is 0 Å². The minimum absolute atomic E-state index is 0.525. The van der Waals surface area contributed by atoms with Crippen LogP contribution in [0, 0.1) is 0 Å². The molecule has 0 saturated carbocycles. The predicted octanol–water partition coefficient (Wildman–Crippen LogP) is 3.94. The van der Waals surface area contributed by atoms with Crippen LogP contribution < -0.4 is 5.32 Å². The van der Waals surface area contributed by atoms with E-state index in [1.807, 2.05) is 18.2 Å². The summed E-state index contributed by atoms with van der Waals surface area (Å²) < 4.78 is 0. The zero-order valence-corrected chi connectivity index (χ0v) is 11.4. The molecule has 104 valence electrons. The van der Waals surface area contributed by atoms with E-state index in [1.54, 1.807) is 0 Å². The van der Waals surface area contributed by atoms with Crippen molar-refractivity contribution in [3.05, 3.63) is 60.2 Å². The minimum atomic E-state index is -0.947. The first-order valence-corrected chi connectivity index (χ1v) is 6.87. The highest BCUT2D eigenvalue weighted by Crippen LogP contribution is 2.19. The van der Waals surface area contributed by atoms with Gasteiger partial charge in [-0.25, -0.2) is 4.79 Å². The minimum Gasteiger partial charge on any atom is -0.465 e. The van der Waals surface area contributed by atoms with E-state index in [-0.39, 0.29) is 0 Å². The Balaban J connectivity index is 1.82. The van der Waals surface area contributed by atoms with Gasteiger partial charge in [-0.2, -0.15) is 0 Å². The highest BCUT2D eigenvalue weighted by atomic mass is 16.4. The molecule has 0 spiro atoms. The third kappa shape index (κ3) is 4.43. The average Bonchev–Trinajstić information content (AvgIpc) is 2.48. The van der Waals surface area contributed by atoms with Crippen LogP contribution in [0.5, 0.6) is 0 Å². The number of benzene rings is 2. The first-order chi connectivity index (χ1) is 9.75. The van der Waals surface area contributed by atoms with Crippen LogP contribution >= 0.6 is 0 Å². The molecule has 0 aromatic heterocycles. The number of hydrogen-bond donors (Lipinski definition) is 2. The first kappa shape index (κ1) is 14.1. The first-order valence-electron chi connectivity index (χ1n) is 6.87. The second-order valence-corrected chi connectivity index (χ2v) is 4.75. The maximum atomic E-state index is 10.3. The zero-order chi connectivity index (χ0) is 14.2. The van der Waals surface area contributed by atoms with Crippen molar-refractivity contribution in [3.63, 3.8) is 0 Å². The highest BCUT2D eigenvalue weighted by Gasteiger charge is 1.98. The topological polar surface area (TPSA) is 49.3 Å². The monoisotopic (exact) mass is 269 g/mol. The molecule has 0 heterocycles. The molecule has 3 nitrogen and oxygen atoms in total. The Hall–Kier alpha value is -2.29. The molecule has 0 bridgehead atoms. The average molecular weight is 269 g/mol. The van der Waals surface area contributed by atoms with Crippen molar-refractivity contribution in [1.29, 1.82) is 0 Å². The van der Waals surface area contributed by atoms with Gasteiger partial charge in [0.25, 0.3) is 0 Å². The summed E-state index contributed by atoms with van der Waals surface area (Å²) in [5, 5.41) is 10.8. The lowest BCUT2D eigenvalue weighted by Gasteiger charge is -2.05. The van der Waals surface area contributed by atoms with Crippen LogP contribution in [0.4, 0.5) is 4.79 Å². The predicted molar refractivity (Wildman–Crippen MR) is 80.8 cm³/mol. The number of rotatable bonds is 6. The molecule has 2 N–H and O–H groups in total. The van der Waals surface area contributed by atoms with Crippen LogP contribution in [-0.2, 0) is 6.42 Å². The van der Waals surface area contributed by atoms with E-state index < -0.39 is 6.09 Å². The molecule has 0 radical (unpaired) electrons. The van der Waals surface area contributed by atoms with E-state index >= 15 is 0 Å². The van der Waals surface area contributed by atoms with E-state index in [0.717, 1.165) is 19.3 Å². The van der Waals surface area contributed by atoms with Crippen molar-refractivity contribution in [3.8, 4) is 11.1 Å². The number of carbonyl (C=O) groups is 1. The molecule has 2 rings (SSSR count). The van der Waals surface area contributed by atoms with Gasteiger partial charge in [0.1, 0.15) is 0 Å². The number of unbranched alkanes of at least 4 members (excludes halogenated alkanes) is 1. The van der Waals surface area contributed by atoms with Gasteiger partial charge < -0.3 is 10.4 Å². The lowest BCUT2D eigenvalue weighted by Crippen LogP contribution is -2.21. The van der Waals surface area contributed by atoms with Crippen molar-refractivity contribution >= 4 is 6.09 Å². The van der Waals surface area contributed by atoms with Crippen LogP contribution in [0.25, 0.3) is 11.1 Å². The summed E-state index contributed by atoms with van der Waals surface area (Å²) in [4.78, 5) is 10.3. The van der Waals surface area contributed by atoms with E-state index in [4.69, 9.17) is 5.11 Å². The molecule has 1 amide bonds. The van der Waals surface area contributed by atoms with Crippen molar-refractivity contribution in [2.75, 3.05) is 6.54 Å². The maximum Gasteiger partial charge on any atom is 0.404 e. The Morgan fingerprint density at radius 1 is 0.900 bits per heavy atom. The van der Waals surface area contributed by atoms with Crippen LogP contribution in [0.2, 0.25) is 0 Å². The Kier molecular flexibility index (Phi) is 5.18. The van der Waals surface area contributed by atoms with Crippen LogP contribution in [0.15, 0.2) is 54.6 Å². The molecular formula is C17H19NO2. The molecule has 0 aliphatic rings. The van der Waals surface area contributed by atoms with Crippen molar-refractivity contribution in [1.82, 2.24) is 5.32 Å². The Labute approximate surface area is 119 Å². The molecule has 0 saturated heterocycles. The molecule has 0 aliphatic carbocycles. The number of amides is 1. The van der Waals surface area contributed by atoms with Gasteiger partial charge in [-0.1, -0.05) is 54.6 Å². The summed E-state index contributed by atoms with van der Waals surface area (Å²) in [6, 6.07) is 18.9. The fraction of sp³-hybridized carbons (Fsp3) is 0.235. The normalized spacial score (nSPS) is 10.2. The molecule has 0 atom stereocenters. The Morgan fingerprint density at radius 2 is 1.55 bits per heavy atom. The summed E-state index contributed by atoms with van der Waals surface area (Å²) in [7, 11) is 0. The quantitative estimate of drug-likeness (QED) is 0.780. The zero-order valence-electron chi connectivity index (χ0n) is 11.4. The van der Waals surface area contributed by atoms with Gasteiger partial charge in [0.2, 0.25) is 0 Å². The molecule has 20 heavy (non-hydrogen) atoms. The number of carboxylic acid groups (broad SMARTS) is 1. The molecule has 2 aromatic carbocycles. The van der Waals surface area contributed by atoms with Gasteiger partial charge >= 0.3 is 6.09 Å². The SMILES string of the molecule is O=C(O)NCCCCc1ccc(-c2ccccc2)cc1. The summed E-state index contributed by atoms with van der Waals surface area (Å²) in [6.45, 7) is 0.525. The lowest BCUT2D eigenvalue weighted by molar-refractivity contribution is 0.194. The number of nitrogens with one attached hydrogen (secondary N) is 1. The summed E-state index contributed by atoms with van der Waals surface area (Å²) >= 11 is 0. The van der Waals surface area contributed by atoms with Gasteiger partial charge in [0, 0.05) is 6.54 Å². The van der Waals surface area contributed by atoms with E-state index in [9.17, 15) is 4.79 Å². The summed E-state index contributed by atoms with van der Waals surface area (Å²) in [6.07, 6.45) is 1.89. The van der Waals surface area contributed by atoms with Crippen LogP contribution in [0.3, 0.4) is 0 Å². The largest absolute Gasteiger partial charge is 0.465 e. The van der Waals surface area contributed by atoms with Gasteiger partial charge in [0.05, 0.1) is 0 Å². The van der Waals surface area contributed by atoms with Gasteiger partial charge in [-0.05, 0) is 36.0 Å². The second-order valence-electron chi connectivity index (χ2n) is 4.75. The summed E-state index contributed by atoms with van der Waals surface area (Å²) in [5.74, 6) is 0. The lowest BCUT2D eigenvalue weighted by atomic mass is 10.0. The Bertz CT molecular complexity index is 535. The highest BCUT2D eigenvalue weighted by molar-refractivity contribution is 5.64. The molecule has 3 heteroatoms. The van der Waals surface area contributed by atoms with Crippen molar-refractivity contribution in [2.24, 2.45) is 0 Å². The standard InChI is InChI=1S/C17H19NO2/c19-17(20)18-13-5-4-6-14-9-11-16(12-10-14)15-7-2-1-3-8-15/h1-3,7-12,18H,4-6,13H2,(H,19,20). The summed E-state index contributed by atoms with van der Waals surface area (Å²) in [5.41, 5.74) is 3.74. The van der Waals surface area contributed by atoms with E-state index in [1.165, 1.54) is 16.7 Å². The molecule has 0 aliphatic heterocycles. The fourth-order valence-electron chi connectivity index (χ4n) is 2.14. The molecule has 0 fully saturated rings. The second kappa shape index (κ2) is 7.34. The van der Waals surface area contributed by atoms with Crippen molar-refractivity contribution < 1.29 is 9.90 Å². The van der Waals surface area contributed by atoms with Gasteiger partial charge in [-0.3, -0.25) is 0 Å². The Morgan fingerprint density at radius 3 is 2.20 bits per heavy atom. The third-order valence-electron chi connectivity index (χ3n) is 3.23. The van der Waals surface area contributed by atoms with Crippen molar-refractivity contribution in [2.45, 2.75) is 19.3 Å². The molecular weight excluding hydrogens is 250 g/mol. The maximum absolute atomic E-state index is 10.3. The van der Waals surface area contributed by atoms with E-state index in [0.29, 0.717) is 6.54 Å². The van der Waals surface area contributed by atoms with E-state index in [2.05, 4.69) is 41.7 Å². The molecule has 0 unspecified atom stereocenters. The van der Waals surface area contributed by atoms with Gasteiger partial charge in [0.15, 0.2) is 0 Å². The third-order valence-corrected chi connectivity index (χ3v) is 3.23. The molecule has 2 aromatic rings. The van der Waals surface area contributed by atoms with Crippen LogP contribution in [-0.4, -0.2) is 17.7 Å². The smallest absolute Gasteiger partial charge is 0.404 e. The van der Waals surface area contributed by atoms with Crippen LogP contribution in [0.1, 0.15) is 18.4 Å². The fourth-order valence-corrected chi connectivity index (χ4v) is 2.14. The number of aryl methyl sites for hydroxylation is 1.